The lowest BCUT2D eigenvalue weighted by Crippen LogP contribution is -2.37. The first-order valence-corrected chi connectivity index (χ1v) is 13.9. The van der Waals surface area contributed by atoms with Crippen LogP contribution in [-0.2, 0) is 16.2 Å². The Bertz CT molecular complexity index is 1270. The van der Waals surface area contributed by atoms with E-state index in [1.807, 2.05) is 25.2 Å². The molecule has 8 heteroatoms. The molecule has 0 N–H and O–H groups in total. The molecule has 0 spiro atoms. The monoisotopic (exact) mass is 637 g/mol. The molecule has 5 rings (SSSR count). The van der Waals surface area contributed by atoms with Gasteiger partial charge >= 0.3 is 0 Å². The highest BCUT2D eigenvalue weighted by Gasteiger charge is 2.43. The molecule has 0 saturated carbocycles. The summed E-state index contributed by atoms with van der Waals surface area (Å²) in [5.74, 6) is 0.358. The van der Waals surface area contributed by atoms with Crippen molar-refractivity contribution < 1.29 is 14.3 Å². The summed E-state index contributed by atoms with van der Waals surface area (Å²) in [6.45, 7) is 0.218. The van der Waals surface area contributed by atoms with Crippen LogP contribution in [0.5, 0.6) is 5.75 Å². The van der Waals surface area contributed by atoms with E-state index in [-0.39, 0.29) is 18.2 Å². The molecule has 0 amide bonds. The van der Waals surface area contributed by atoms with Gasteiger partial charge in [-0.25, -0.2) is 0 Å². The van der Waals surface area contributed by atoms with Gasteiger partial charge in [0.25, 0.3) is 0 Å². The molecule has 0 saturated heterocycles. The minimum absolute atomic E-state index is 0.107. The molecule has 2 aliphatic carbocycles. The summed E-state index contributed by atoms with van der Waals surface area (Å²) >= 11 is 19.7. The van der Waals surface area contributed by atoms with Gasteiger partial charge in [-0.1, -0.05) is 45.2 Å². The standard InChI is InChI=1S/C27H23Br2Cl2NO3/c1-32-20-4-2-6-22(33)25(20)24(26-21(32)5-3-7-23(26)34)17-10-15(28)11-18(29)27(17)35-13-14-8-9-16(30)12-19(14)31/h8-12,24H,2-7,13H2,1H3. The maximum atomic E-state index is 13.4. The smallest absolute Gasteiger partial charge is 0.161 e. The maximum absolute atomic E-state index is 13.4. The van der Waals surface area contributed by atoms with Crippen LogP contribution in [0.15, 0.2) is 61.8 Å². The zero-order valence-corrected chi connectivity index (χ0v) is 23.8. The average molecular weight is 640 g/mol. The normalized spacial score (nSPS) is 18.7. The summed E-state index contributed by atoms with van der Waals surface area (Å²) in [4.78, 5) is 28.8. The van der Waals surface area contributed by atoms with Crippen molar-refractivity contribution in [3.05, 3.63) is 83.0 Å². The first kappa shape index (κ1) is 25.1. The highest BCUT2D eigenvalue weighted by atomic mass is 79.9. The minimum atomic E-state index is -0.457. The van der Waals surface area contributed by atoms with E-state index in [0.717, 1.165) is 68.3 Å². The average Bonchev–Trinajstić information content (AvgIpc) is 2.80. The van der Waals surface area contributed by atoms with Gasteiger partial charge in [0.05, 0.1) is 4.47 Å². The van der Waals surface area contributed by atoms with E-state index in [0.29, 0.717) is 28.6 Å². The van der Waals surface area contributed by atoms with Gasteiger partial charge in [-0.05, 0) is 65.9 Å². The topological polar surface area (TPSA) is 46.6 Å². The van der Waals surface area contributed by atoms with Crippen molar-refractivity contribution in [3.8, 4) is 5.75 Å². The van der Waals surface area contributed by atoms with Crippen LogP contribution >= 0.6 is 55.1 Å². The first-order chi connectivity index (χ1) is 16.8. The molecule has 35 heavy (non-hydrogen) atoms. The van der Waals surface area contributed by atoms with Gasteiger partial charge in [-0.15, -0.1) is 0 Å². The van der Waals surface area contributed by atoms with Gasteiger partial charge in [0.2, 0.25) is 0 Å². The van der Waals surface area contributed by atoms with E-state index in [4.69, 9.17) is 27.9 Å². The van der Waals surface area contributed by atoms with Crippen molar-refractivity contribution in [1.29, 1.82) is 0 Å². The van der Waals surface area contributed by atoms with Crippen LogP contribution in [0.3, 0.4) is 0 Å². The number of benzene rings is 2. The van der Waals surface area contributed by atoms with E-state index >= 15 is 0 Å². The van der Waals surface area contributed by atoms with Gasteiger partial charge in [0.1, 0.15) is 12.4 Å². The van der Waals surface area contributed by atoms with Crippen LogP contribution in [0.2, 0.25) is 10.0 Å². The lowest BCUT2D eigenvalue weighted by Gasteiger charge is -2.42. The Labute approximate surface area is 231 Å². The van der Waals surface area contributed by atoms with Gasteiger partial charge in [0, 0.05) is 74.0 Å². The van der Waals surface area contributed by atoms with Crippen molar-refractivity contribution in [1.82, 2.24) is 4.90 Å². The Morgan fingerprint density at radius 1 is 0.943 bits per heavy atom. The third kappa shape index (κ3) is 4.63. The molecule has 1 heterocycles. The SMILES string of the molecule is CN1C2=C(C(=O)CCC2)C(c2cc(Br)cc(Br)c2OCc2ccc(Cl)cc2Cl)C2=C1CCCC2=O. The molecule has 0 fully saturated rings. The number of carbonyl (C=O) groups is 2. The second kappa shape index (κ2) is 10.0. The molecular weight excluding hydrogens is 617 g/mol. The molecule has 0 bridgehead atoms. The Morgan fingerprint density at radius 2 is 1.57 bits per heavy atom. The number of carbonyl (C=O) groups excluding carboxylic acids is 2. The van der Waals surface area contributed by atoms with Gasteiger partial charge in [-0.2, -0.15) is 0 Å². The van der Waals surface area contributed by atoms with Crippen molar-refractivity contribution >= 4 is 66.6 Å². The van der Waals surface area contributed by atoms with Crippen LogP contribution < -0.4 is 4.74 Å². The van der Waals surface area contributed by atoms with E-state index in [2.05, 4.69) is 36.8 Å². The largest absolute Gasteiger partial charge is 0.487 e. The molecule has 1 aliphatic heterocycles. The highest BCUT2D eigenvalue weighted by Crippen LogP contribution is 2.52. The summed E-state index contributed by atoms with van der Waals surface area (Å²) in [7, 11) is 1.99. The van der Waals surface area contributed by atoms with Crippen molar-refractivity contribution in [3.63, 3.8) is 0 Å². The third-order valence-corrected chi connectivity index (χ3v) is 8.61. The fraction of sp³-hybridized carbons (Fsp3) is 0.333. The van der Waals surface area contributed by atoms with Crippen LogP contribution in [0.1, 0.15) is 55.6 Å². The second-order valence-corrected chi connectivity index (χ2v) is 11.7. The third-order valence-electron chi connectivity index (χ3n) is 6.98. The predicted molar refractivity (Wildman–Crippen MR) is 145 cm³/mol. The fourth-order valence-corrected chi connectivity index (χ4v) is 7.23. The minimum Gasteiger partial charge on any atom is -0.487 e. The number of ketones is 2. The molecular formula is C27H23Br2Cl2NO3. The Hall–Kier alpha value is -1.60. The number of rotatable bonds is 4. The molecule has 2 aromatic rings. The van der Waals surface area contributed by atoms with Gasteiger partial charge < -0.3 is 9.64 Å². The zero-order chi connectivity index (χ0) is 24.9. The molecule has 0 unspecified atom stereocenters. The molecule has 4 nitrogen and oxygen atoms in total. The zero-order valence-electron chi connectivity index (χ0n) is 19.1. The summed E-state index contributed by atoms with van der Waals surface area (Å²) in [6.07, 6.45) is 4.28. The van der Waals surface area contributed by atoms with Crippen molar-refractivity contribution in [2.75, 3.05) is 7.05 Å². The van der Waals surface area contributed by atoms with Crippen LogP contribution in [0.25, 0.3) is 0 Å². The molecule has 182 valence electrons. The van der Waals surface area contributed by atoms with Crippen LogP contribution in [-0.4, -0.2) is 23.5 Å². The maximum Gasteiger partial charge on any atom is 0.161 e. The number of hydrogen-bond donors (Lipinski definition) is 0. The molecule has 3 aliphatic rings. The number of hydrogen-bond acceptors (Lipinski definition) is 4. The van der Waals surface area contributed by atoms with Gasteiger partial charge in [0.15, 0.2) is 11.6 Å². The summed E-state index contributed by atoms with van der Waals surface area (Å²) in [5, 5.41) is 1.08. The quantitative estimate of drug-likeness (QED) is 0.339. The van der Waals surface area contributed by atoms with E-state index in [9.17, 15) is 9.59 Å². The lowest BCUT2D eigenvalue weighted by atomic mass is 9.71. The molecule has 0 atom stereocenters. The number of halogens is 4. The summed E-state index contributed by atoms with van der Waals surface area (Å²) < 4.78 is 7.94. The molecule has 2 aromatic carbocycles. The van der Waals surface area contributed by atoms with Crippen LogP contribution in [0, 0.1) is 0 Å². The number of ether oxygens (including phenoxy) is 1. The lowest BCUT2D eigenvalue weighted by molar-refractivity contribution is -0.117. The number of nitrogens with zero attached hydrogens (tertiary/aromatic N) is 1. The molecule has 0 aromatic heterocycles. The van der Waals surface area contributed by atoms with Crippen LogP contribution in [0.4, 0.5) is 0 Å². The Balaban J connectivity index is 1.66. The van der Waals surface area contributed by atoms with Crippen molar-refractivity contribution in [2.45, 2.75) is 51.0 Å². The highest BCUT2D eigenvalue weighted by molar-refractivity contribution is 9.11. The Kier molecular flexibility index (Phi) is 7.19. The van der Waals surface area contributed by atoms with E-state index < -0.39 is 5.92 Å². The van der Waals surface area contributed by atoms with E-state index in [1.165, 1.54) is 0 Å². The molecule has 0 radical (unpaired) electrons. The first-order valence-electron chi connectivity index (χ1n) is 11.6. The predicted octanol–water partition coefficient (Wildman–Crippen LogP) is 8.14. The summed E-state index contributed by atoms with van der Waals surface area (Å²) in [6, 6.07) is 9.18. The Morgan fingerprint density at radius 3 is 2.17 bits per heavy atom. The van der Waals surface area contributed by atoms with E-state index in [1.54, 1.807) is 12.1 Å². The number of Topliss-reactive ketones (excluding diaryl/α,β-unsaturated/α-hetero) is 2. The summed E-state index contributed by atoms with van der Waals surface area (Å²) in [5.41, 5.74) is 5.11. The fourth-order valence-electron chi connectivity index (χ4n) is 5.40. The van der Waals surface area contributed by atoms with Gasteiger partial charge in [-0.3, -0.25) is 9.59 Å². The van der Waals surface area contributed by atoms with Crippen molar-refractivity contribution in [2.24, 2.45) is 0 Å². The number of allylic oxidation sites excluding steroid dienone is 4. The second-order valence-electron chi connectivity index (χ2n) is 9.10.